The number of hydrogen-bond donors (Lipinski definition) is 3. The van der Waals surface area contributed by atoms with Crippen LogP contribution in [0.15, 0.2) is 16.6 Å². The number of nitrogens with two attached hydrogens (primary N) is 1. The molecule has 16 heavy (non-hydrogen) atoms. The van der Waals surface area contributed by atoms with Gasteiger partial charge in [-0.05, 0) is 37.1 Å². The molecule has 5 nitrogen and oxygen atoms in total. The van der Waals surface area contributed by atoms with Gasteiger partial charge < -0.3 is 5.32 Å². The highest BCUT2D eigenvalue weighted by Gasteiger charge is 2.14. The molecule has 0 atom stereocenters. The second kappa shape index (κ2) is 5.09. The fraction of sp³-hybridized carbons (Fsp3) is 0.200. The van der Waals surface area contributed by atoms with Gasteiger partial charge in [-0.15, -0.1) is 0 Å². The van der Waals surface area contributed by atoms with Crippen molar-refractivity contribution in [3.05, 3.63) is 27.7 Å². The van der Waals surface area contributed by atoms with E-state index >= 15 is 0 Å². The monoisotopic (exact) mass is 285 g/mol. The molecule has 0 unspecified atom stereocenters. The molecule has 0 spiro atoms. The number of halogens is 1. The van der Waals surface area contributed by atoms with Gasteiger partial charge in [0.2, 0.25) is 0 Å². The zero-order valence-corrected chi connectivity index (χ0v) is 10.5. The highest BCUT2D eigenvalue weighted by atomic mass is 79.9. The van der Waals surface area contributed by atoms with Crippen LogP contribution in [-0.4, -0.2) is 11.8 Å². The van der Waals surface area contributed by atoms with Crippen LogP contribution in [0.25, 0.3) is 0 Å². The molecule has 0 heterocycles. The van der Waals surface area contributed by atoms with Gasteiger partial charge in [-0.3, -0.25) is 15.0 Å². The average molecular weight is 286 g/mol. The minimum absolute atomic E-state index is 0.622. The first-order chi connectivity index (χ1) is 7.45. The maximum atomic E-state index is 11.3. The Morgan fingerprint density at radius 3 is 2.12 bits per heavy atom. The van der Waals surface area contributed by atoms with Crippen molar-refractivity contribution in [3.63, 3.8) is 0 Å². The van der Waals surface area contributed by atoms with Crippen molar-refractivity contribution in [2.75, 3.05) is 5.32 Å². The second-order valence-corrected chi connectivity index (χ2v) is 4.26. The summed E-state index contributed by atoms with van der Waals surface area (Å²) in [6.07, 6.45) is 0. The van der Waals surface area contributed by atoms with Crippen molar-refractivity contribution in [3.8, 4) is 0 Å². The number of amides is 2. The molecule has 0 radical (unpaired) electrons. The third kappa shape index (κ3) is 2.80. The maximum Gasteiger partial charge on any atom is 0.323 e. The van der Waals surface area contributed by atoms with Gasteiger partial charge >= 0.3 is 11.8 Å². The molecule has 4 N–H and O–H groups in total. The van der Waals surface area contributed by atoms with Crippen molar-refractivity contribution in [1.29, 1.82) is 0 Å². The van der Waals surface area contributed by atoms with Gasteiger partial charge in [0.05, 0.1) is 0 Å². The lowest BCUT2D eigenvalue weighted by atomic mass is 10.1. The Balaban J connectivity index is 2.98. The van der Waals surface area contributed by atoms with E-state index in [1.54, 1.807) is 5.43 Å². The number of aryl methyl sites for hydroxylation is 2. The van der Waals surface area contributed by atoms with Gasteiger partial charge in [0, 0.05) is 10.2 Å². The van der Waals surface area contributed by atoms with Gasteiger partial charge in [-0.1, -0.05) is 15.9 Å². The number of carbonyl (C=O) groups is 2. The largest absolute Gasteiger partial charge is 0.323 e. The average Bonchev–Trinajstić information content (AvgIpc) is 2.21. The third-order valence-corrected chi connectivity index (χ3v) is 2.53. The van der Waals surface area contributed by atoms with E-state index in [2.05, 4.69) is 21.2 Å². The Morgan fingerprint density at radius 1 is 1.19 bits per heavy atom. The van der Waals surface area contributed by atoms with Crippen LogP contribution in [0.5, 0.6) is 0 Å². The summed E-state index contributed by atoms with van der Waals surface area (Å²) in [4.78, 5) is 22.3. The quantitative estimate of drug-likeness (QED) is 0.311. The molecule has 1 aromatic rings. The molecule has 2 amide bonds. The normalized spacial score (nSPS) is 9.75. The molecule has 1 rings (SSSR count). The number of rotatable bonds is 1. The lowest BCUT2D eigenvalue weighted by molar-refractivity contribution is -0.136. The Labute approximate surface area is 101 Å². The SMILES string of the molecule is Cc1cc(Br)cc(C)c1NC(=O)C(=O)NN. The fourth-order valence-corrected chi connectivity index (χ4v) is 2.03. The molecule has 0 aliphatic carbocycles. The number of hydrazine groups is 1. The van der Waals surface area contributed by atoms with Crippen molar-refractivity contribution >= 4 is 33.4 Å². The van der Waals surface area contributed by atoms with Crippen LogP contribution in [0, 0.1) is 13.8 Å². The minimum atomic E-state index is -0.873. The number of hydrogen-bond acceptors (Lipinski definition) is 3. The minimum Gasteiger partial charge on any atom is -0.317 e. The Morgan fingerprint density at radius 2 is 1.69 bits per heavy atom. The fourth-order valence-electron chi connectivity index (χ4n) is 1.34. The third-order valence-electron chi connectivity index (χ3n) is 2.07. The van der Waals surface area contributed by atoms with Crippen LogP contribution >= 0.6 is 15.9 Å². The van der Waals surface area contributed by atoms with Crippen LogP contribution in [0.1, 0.15) is 11.1 Å². The summed E-state index contributed by atoms with van der Waals surface area (Å²) in [6, 6.07) is 3.70. The van der Waals surface area contributed by atoms with Gasteiger partial charge in [-0.25, -0.2) is 5.84 Å². The highest BCUT2D eigenvalue weighted by Crippen LogP contribution is 2.24. The molecule has 1 aromatic carbocycles. The first-order valence-electron chi connectivity index (χ1n) is 4.54. The lowest BCUT2D eigenvalue weighted by Crippen LogP contribution is -2.39. The Hall–Kier alpha value is -1.40. The molecule has 86 valence electrons. The molecule has 0 bridgehead atoms. The standard InChI is InChI=1S/C10H12BrN3O2/c1-5-3-7(11)4-6(2)8(5)13-9(15)10(16)14-12/h3-4H,12H2,1-2H3,(H,13,15)(H,14,16). The molecular weight excluding hydrogens is 274 g/mol. The zero-order valence-electron chi connectivity index (χ0n) is 8.93. The number of benzene rings is 1. The molecule has 0 aromatic heterocycles. The van der Waals surface area contributed by atoms with E-state index in [0.717, 1.165) is 15.6 Å². The first kappa shape index (κ1) is 12.7. The zero-order chi connectivity index (χ0) is 12.3. The smallest absolute Gasteiger partial charge is 0.317 e. The van der Waals surface area contributed by atoms with Crippen LogP contribution < -0.4 is 16.6 Å². The van der Waals surface area contributed by atoms with Gasteiger partial charge in [0.1, 0.15) is 0 Å². The van der Waals surface area contributed by atoms with E-state index < -0.39 is 11.8 Å². The van der Waals surface area contributed by atoms with Gasteiger partial charge in [0.15, 0.2) is 0 Å². The molecule has 0 aliphatic heterocycles. The van der Waals surface area contributed by atoms with E-state index in [0.29, 0.717) is 5.69 Å². The molecular formula is C10H12BrN3O2. The van der Waals surface area contributed by atoms with Crippen molar-refractivity contribution in [2.45, 2.75) is 13.8 Å². The number of carbonyl (C=O) groups excluding carboxylic acids is 2. The molecule has 6 heteroatoms. The van der Waals surface area contributed by atoms with Crippen molar-refractivity contribution < 1.29 is 9.59 Å². The van der Waals surface area contributed by atoms with Crippen LogP contribution in [0.4, 0.5) is 5.69 Å². The second-order valence-electron chi connectivity index (χ2n) is 3.34. The summed E-state index contributed by atoms with van der Waals surface area (Å²) in [5.74, 6) is 3.20. The summed E-state index contributed by atoms with van der Waals surface area (Å²) >= 11 is 3.34. The summed E-state index contributed by atoms with van der Waals surface area (Å²) < 4.78 is 0.920. The van der Waals surface area contributed by atoms with Crippen LogP contribution in [-0.2, 0) is 9.59 Å². The number of anilines is 1. The van der Waals surface area contributed by atoms with Gasteiger partial charge in [-0.2, -0.15) is 0 Å². The van der Waals surface area contributed by atoms with E-state index in [9.17, 15) is 9.59 Å². The lowest BCUT2D eigenvalue weighted by Gasteiger charge is -2.11. The van der Waals surface area contributed by atoms with Crippen LogP contribution in [0.3, 0.4) is 0 Å². The molecule has 0 saturated heterocycles. The Bertz CT molecular complexity index is 423. The van der Waals surface area contributed by atoms with E-state index in [1.807, 2.05) is 26.0 Å². The highest BCUT2D eigenvalue weighted by molar-refractivity contribution is 9.10. The summed E-state index contributed by atoms with van der Waals surface area (Å²) in [6.45, 7) is 3.68. The van der Waals surface area contributed by atoms with Gasteiger partial charge in [0.25, 0.3) is 0 Å². The molecule has 0 aliphatic rings. The predicted molar refractivity (Wildman–Crippen MR) is 64.6 cm³/mol. The maximum absolute atomic E-state index is 11.3. The first-order valence-corrected chi connectivity index (χ1v) is 5.33. The molecule has 0 fully saturated rings. The van der Waals surface area contributed by atoms with E-state index in [4.69, 9.17) is 5.84 Å². The topological polar surface area (TPSA) is 84.2 Å². The molecule has 0 saturated carbocycles. The Kier molecular flexibility index (Phi) is 4.03. The summed E-state index contributed by atoms with van der Waals surface area (Å²) in [5.41, 5.74) is 4.13. The van der Waals surface area contributed by atoms with E-state index in [1.165, 1.54) is 0 Å². The summed E-state index contributed by atoms with van der Waals surface area (Å²) in [7, 11) is 0. The van der Waals surface area contributed by atoms with Crippen molar-refractivity contribution in [1.82, 2.24) is 5.43 Å². The predicted octanol–water partition coefficient (Wildman–Crippen LogP) is 0.994. The summed E-state index contributed by atoms with van der Waals surface area (Å²) in [5, 5.41) is 2.50. The number of nitrogens with one attached hydrogen (secondary N) is 2. The van der Waals surface area contributed by atoms with E-state index in [-0.39, 0.29) is 0 Å². The van der Waals surface area contributed by atoms with Crippen molar-refractivity contribution in [2.24, 2.45) is 5.84 Å². The van der Waals surface area contributed by atoms with Crippen LogP contribution in [0.2, 0.25) is 0 Å².